The van der Waals surface area contributed by atoms with E-state index in [4.69, 9.17) is 9.15 Å². The van der Waals surface area contributed by atoms with E-state index < -0.39 is 0 Å². The van der Waals surface area contributed by atoms with Gasteiger partial charge in [0.2, 0.25) is 0 Å². The van der Waals surface area contributed by atoms with Crippen molar-refractivity contribution < 1.29 is 9.15 Å². The van der Waals surface area contributed by atoms with Gasteiger partial charge in [0.15, 0.2) is 0 Å². The third-order valence-corrected chi connectivity index (χ3v) is 2.48. The molecule has 16 heavy (non-hydrogen) atoms. The van der Waals surface area contributed by atoms with E-state index in [-0.39, 0.29) is 0 Å². The molecule has 0 atom stereocenters. The Bertz CT molecular complexity index is 401. The van der Waals surface area contributed by atoms with Crippen LogP contribution in [0.15, 0.2) is 47.3 Å². The highest BCUT2D eigenvalue weighted by atomic mass is 16.5. The van der Waals surface area contributed by atoms with E-state index in [1.807, 2.05) is 30.3 Å². The maximum atomic E-state index is 5.60. The molecule has 0 aliphatic rings. The summed E-state index contributed by atoms with van der Waals surface area (Å²) in [5.74, 6) is 0.931. The molecule has 0 radical (unpaired) electrons. The van der Waals surface area contributed by atoms with E-state index >= 15 is 0 Å². The molecule has 2 nitrogen and oxygen atoms in total. The summed E-state index contributed by atoms with van der Waals surface area (Å²) in [7, 11) is 0. The van der Waals surface area contributed by atoms with Crippen LogP contribution in [0.1, 0.15) is 19.8 Å². The summed E-state index contributed by atoms with van der Waals surface area (Å²) in [6.07, 6.45) is 5.69. The summed E-state index contributed by atoms with van der Waals surface area (Å²) >= 11 is 0. The zero-order valence-electron chi connectivity index (χ0n) is 9.48. The Hall–Kier alpha value is -1.70. The van der Waals surface area contributed by atoms with Crippen LogP contribution < -0.4 is 4.74 Å². The highest BCUT2D eigenvalue weighted by molar-refractivity contribution is 5.62. The number of rotatable bonds is 5. The molecule has 1 heterocycles. The Labute approximate surface area is 95.9 Å². The molecule has 0 fully saturated rings. The van der Waals surface area contributed by atoms with Crippen LogP contribution in [0.5, 0.6) is 5.75 Å². The van der Waals surface area contributed by atoms with Crippen LogP contribution in [-0.2, 0) is 0 Å². The molecule has 0 N–H and O–H groups in total. The van der Waals surface area contributed by atoms with Gasteiger partial charge in [0.25, 0.3) is 0 Å². The van der Waals surface area contributed by atoms with E-state index in [0.717, 1.165) is 36.3 Å². The Morgan fingerprint density at radius 3 is 2.50 bits per heavy atom. The molecule has 0 amide bonds. The zero-order valence-corrected chi connectivity index (χ0v) is 9.48. The number of hydrogen-bond donors (Lipinski definition) is 0. The Morgan fingerprint density at radius 1 is 1.06 bits per heavy atom. The van der Waals surface area contributed by atoms with Crippen LogP contribution in [0.25, 0.3) is 11.1 Å². The number of hydrogen-bond acceptors (Lipinski definition) is 2. The van der Waals surface area contributed by atoms with Gasteiger partial charge in [0, 0.05) is 5.56 Å². The fourth-order valence-electron chi connectivity index (χ4n) is 1.51. The van der Waals surface area contributed by atoms with Gasteiger partial charge in [-0.3, -0.25) is 0 Å². The number of unbranched alkanes of at least 4 members (excludes halogenated alkanes) is 1. The fourth-order valence-corrected chi connectivity index (χ4v) is 1.51. The highest BCUT2D eigenvalue weighted by Crippen LogP contribution is 2.22. The smallest absolute Gasteiger partial charge is 0.119 e. The van der Waals surface area contributed by atoms with E-state index in [1.165, 1.54) is 0 Å². The van der Waals surface area contributed by atoms with E-state index in [1.54, 1.807) is 12.5 Å². The third kappa shape index (κ3) is 2.66. The van der Waals surface area contributed by atoms with Gasteiger partial charge in [-0.15, -0.1) is 0 Å². The lowest BCUT2D eigenvalue weighted by molar-refractivity contribution is 0.309. The van der Waals surface area contributed by atoms with Gasteiger partial charge in [0.05, 0.1) is 19.1 Å². The van der Waals surface area contributed by atoms with Crippen molar-refractivity contribution in [1.29, 1.82) is 0 Å². The molecular weight excluding hydrogens is 200 g/mol. The minimum atomic E-state index is 0.793. The van der Waals surface area contributed by atoms with Gasteiger partial charge in [0.1, 0.15) is 5.75 Å². The standard InChI is InChI=1S/C14H16O2/c1-2-3-9-16-14-6-4-12(5-7-14)13-8-10-15-11-13/h4-8,10-11H,2-3,9H2,1H3. The molecule has 0 saturated heterocycles. The quantitative estimate of drug-likeness (QED) is 0.701. The number of ether oxygens (including phenoxy) is 1. The molecule has 1 aromatic heterocycles. The molecule has 2 rings (SSSR count). The summed E-state index contributed by atoms with van der Waals surface area (Å²) < 4.78 is 10.6. The van der Waals surface area contributed by atoms with Crippen LogP contribution >= 0.6 is 0 Å². The maximum Gasteiger partial charge on any atom is 0.119 e. The van der Waals surface area contributed by atoms with Crippen molar-refractivity contribution in [3.05, 3.63) is 42.9 Å². The maximum absolute atomic E-state index is 5.60. The van der Waals surface area contributed by atoms with Gasteiger partial charge in [-0.05, 0) is 30.2 Å². The molecule has 0 spiro atoms. The van der Waals surface area contributed by atoms with Crippen molar-refractivity contribution in [2.24, 2.45) is 0 Å². The first kappa shape index (κ1) is 10.8. The second-order valence-electron chi connectivity index (χ2n) is 3.74. The predicted octanol–water partition coefficient (Wildman–Crippen LogP) is 4.13. The Kier molecular flexibility index (Phi) is 3.65. The highest BCUT2D eigenvalue weighted by Gasteiger charge is 1.99. The lowest BCUT2D eigenvalue weighted by Crippen LogP contribution is -1.95. The molecule has 0 aliphatic carbocycles. The molecule has 84 valence electrons. The summed E-state index contributed by atoms with van der Waals surface area (Å²) in [5.41, 5.74) is 2.25. The van der Waals surface area contributed by atoms with Crippen molar-refractivity contribution in [3.63, 3.8) is 0 Å². The molecule has 0 bridgehead atoms. The van der Waals surface area contributed by atoms with Crippen LogP contribution in [0.2, 0.25) is 0 Å². The summed E-state index contributed by atoms with van der Waals surface area (Å²) in [6.45, 7) is 2.95. The van der Waals surface area contributed by atoms with Crippen LogP contribution in [0.3, 0.4) is 0 Å². The lowest BCUT2D eigenvalue weighted by atomic mass is 10.1. The Morgan fingerprint density at radius 2 is 1.88 bits per heavy atom. The molecular formula is C14H16O2. The topological polar surface area (TPSA) is 22.4 Å². The Balaban J connectivity index is 2.00. The van der Waals surface area contributed by atoms with Gasteiger partial charge in [-0.2, -0.15) is 0 Å². The van der Waals surface area contributed by atoms with Crippen molar-refractivity contribution >= 4 is 0 Å². The van der Waals surface area contributed by atoms with Crippen molar-refractivity contribution in [3.8, 4) is 16.9 Å². The van der Waals surface area contributed by atoms with Crippen molar-refractivity contribution in [2.75, 3.05) is 6.61 Å². The third-order valence-electron chi connectivity index (χ3n) is 2.48. The molecule has 0 unspecified atom stereocenters. The van der Waals surface area contributed by atoms with Gasteiger partial charge in [-0.25, -0.2) is 0 Å². The van der Waals surface area contributed by atoms with Crippen LogP contribution in [-0.4, -0.2) is 6.61 Å². The largest absolute Gasteiger partial charge is 0.494 e. The van der Waals surface area contributed by atoms with Crippen molar-refractivity contribution in [1.82, 2.24) is 0 Å². The summed E-state index contributed by atoms with van der Waals surface area (Å²) in [6, 6.07) is 10.0. The lowest BCUT2D eigenvalue weighted by Gasteiger charge is -2.05. The predicted molar refractivity (Wildman–Crippen MR) is 64.5 cm³/mol. The van der Waals surface area contributed by atoms with Crippen LogP contribution in [0, 0.1) is 0 Å². The normalized spacial score (nSPS) is 10.3. The number of benzene rings is 1. The number of furan rings is 1. The second kappa shape index (κ2) is 5.40. The zero-order chi connectivity index (χ0) is 11.2. The first-order valence-corrected chi connectivity index (χ1v) is 5.65. The van der Waals surface area contributed by atoms with Gasteiger partial charge < -0.3 is 9.15 Å². The molecule has 0 saturated carbocycles. The van der Waals surface area contributed by atoms with Crippen LogP contribution in [0.4, 0.5) is 0 Å². The monoisotopic (exact) mass is 216 g/mol. The van der Waals surface area contributed by atoms with Crippen molar-refractivity contribution in [2.45, 2.75) is 19.8 Å². The van der Waals surface area contributed by atoms with Gasteiger partial charge >= 0.3 is 0 Å². The van der Waals surface area contributed by atoms with E-state index in [2.05, 4.69) is 6.92 Å². The SMILES string of the molecule is CCCCOc1ccc(-c2ccoc2)cc1. The average molecular weight is 216 g/mol. The second-order valence-corrected chi connectivity index (χ2v) is 3.74. The average Bonchev–Trinajstić information content (AvgIpc) is 2.84. The summed E-state index contributed by atoms with van der Waals surface area (Å²) in [4.78, 5) is 0. The van der Waals surface area contributed by atoms with Gasteiger partial charge in [-0.1, -0.05) is 25.5 Å². The van der Waals surface area contributed by atoms with E-state index in [9.17, 15) is 0 Å². The molecule has 1 aromatic carbocycles. The molecule has 2 heteroatoms. The summed E-state index contributed by atoms with van der Waals surface area (Å²) in [5, 5.41) is 0. The molecule has 2 aromatic rings. The fraction of sp³-hybridized carbons (Fsp3) is 0.286. The first-order valence-electron chi connectivity index (χ1n) is 5.65. The minimum Gasteiger partial charge on any atom is -0.494 e. The minimum absolute atomic E-state index is 0.793. The van der Waals surface area contributed by atoms with E-state index in [0.29, 0.717) is 0 Å². The first-order chi connectivity index (χ1) is 7.90. The molecule has 0 aliphatic heterocycles.